The molecule has 9 heteroatoms. The Labute approximate surface area is 164 Å². The molecule has 0 saturated carbocycles. The minimum atomic E-state index is -0.953. The van der Waals surface area contributed by atoms with E-state index in [2.05, 4.69) is 21.3 Å². The summed E-state index contributed by atoms with van der Waals surface area (Å²) in [6, 6.07) is 6.48. The number of para-hydroxylation sites is 1. The van der Waals surface area contributed by atoms with Gasteiger partial charge in [-0.1, -0.05) is 39.0 Å². The highest BCUT2D eigenvalue weighted by Crippen LogP contribution is 2.07. The second-order valence-corrected chi connectivity index (χ2v) is 6.62. The molecule has 0 radical (unpaired) electrons. The molecule has 2 atom stereocenters. The highest BCUT2D eigenvalue weighted by Gasteiger charge is 2.26. The van der Waals surface area contributed by atoms with Gasteiger partial charge in [0.15, 0.2) is 6.61 Å². The van der Waals surface area contributed by atoms with Gasteiger partial charge in [-0.3, -0.25) is 10.1 Å². The predicted octanol–water partition coefficient (Wildman–Crippen LogP) is 2.00. The molecule has 0 aromatic heterocycles. The topological polar surface area (TPSA) is 126 Å². The first kappa shape index (κ1) is 22.9. The van der Waals surface area contributed by atoms with Gasteiger partial charge in [0.25, 0.3) is 5.91 Å². The Balaban J connectivity index is 2.50. The van der Waals surface area contributed by atoms with E-state index in [1.54, 1.807) is 45.0 Å². The number of imide groups is 1. The first-order valence-corrected chi connectivity index (χ1v) is 9.12. The third-order valence-electron chi connectivity index (χ3n) is 3.83. The number of amides is 5. The fraction of sp³-hybridized carbons (Fsp3) is 0.474. The van der Waals surface area contributed by atoms with Crippen LogP contribution in [0.3, 0.4) is 0 Å². The van der Waals surface area contributed by atoms with Crippen molar-refractivity contribution in [1.82, 2.24) is 16.0 Å². The number of ether oxygens (including phenoxy) is 1. The van der Waals surface area contributed by atoms with Crippen LogP contribution in [-0.2, 0) is 14.3 Å². The molecule has 1 rings (SSSR count). The summed E-state index contributed by atoms with van der Waals surface area (Å²) in [5, 5.41) is 9.77. The lowest BCUT2D eigenvalue weighted by Gasteiger charge is -2.21. The van der Waals surface area contributed by atoms with E-state index in [-0.39, 0.29) is 12.0 Å². The Morgan fingerprint density at radius 2 is 1.61 bits per heavy atom. The van der Waals surface area contributed by atoms with Crippen LogP contribution in [0.1, 0.15) is 34.1 Å². The molecule has 0 heterocycles. The second-order valence-electron chi connectivity index (χ2n) is 6.62. The smallest absolute Gasteiger partial charge is 0.329 e. The third kappa shape index (κ3) is 8.52. The normalized spacial score (nSPS) is 12.5. The van der Waals surface area contributed by atoms with Crippen LogP contribution in [0.2, 0.25) is 0 Å². The van der Waals surface area contributed by atoms with Crippen LogP contribution in [0.15, 0.2) is 30.3 Å². The van der Waals surface area contributed by atoms with E-state index in [0.29, 0.717) is 12.1 Å². The van der Waals surface area contributed by atoms with Gasteiger partial charge in [0.2, 0.25) is 0 Å². The highest BCUT2D eigenvalue weighted by molar-refractivity contribution is 5.96. The number of benzene rings is 1. The Bertz CT molecular complexity index is 678. The minimum Gasteiger partial charge on any atom is -0.454 e. The first-order chi connectivity index (χ1) is 13.2. The Morgan fingerprint density at radius 1 is 0.964 bits per heavy atom. The molecule has 0 saturated heterocycles. The maximum Gasteiger partial charge on any atom is 0.329 e. The molecule has 154 valence electrons. The second kappa shape index (κ2) is 11.6. The molecule has 0 unspecified atom stereocenters. The number of carbonyl (C=O) groups excluding carboxylic acids is 4. The summed E-state index contributed by atoms with van der Waals surface area (Å²) in [5.41, 5.74) is 0.572. The van der Waals surface area contributed by atoms with Gasteiger partial charge in [-0.25, -0.2) is 14.4 Å². The molecule has 0 spiro atoms. The molecule has 1 aromatic rings. The lowest BCUT2D eigenvalue weighted by atomic mass is 10.1. The largest absolute Gasteiger partial charge is 0.454 e. The van der Waals surface area contributed by atoms with E-state index in [1.165, 1.54) is 0 Å². The van der Waals surface area contributed by atoms with Crippen molar-refractivity contribution in [2.45, 2.75) is 46.2 Å². The van der Waals surface area contributed by atoms with Crippen molar-refractivity contribution < 1.29 is 23.9 Å². The number of anilines is 1. The lowest BCUT2D eigenvalue weighted by molar-refractivity contribution is -0.151. The number of carbonyl (C=O) groups is 4. The minimum absolute atomic E-state index is 0.0898. The molecular weight excluding hydrogens is 364 g/mol. The predicted molar refractivity (Wildman–Crippen MR) is 105 cm³/mol. The summed E-state index contributed by atoms with van der Waals surface area (Å²) in [7, 11) is 0. The van der Waals surface area contributed by atoms with Gasteiger partial charge in [-0.15, -0.1) is 0 Å². The summed E-state index contributed by atoms with van der Waals surface area (Å²) in [5.74, 6) is -1.80. The van der Waals surface area contributed by atoms with Gasteiger partial charge in [0, 0.05) is 11.7 Å². The number of nitrogens with one attached hydrogen (secondary N) is 4. The Morgan fingerprint density at radius 3 is 2.18 bits per heavy atom. The molecule has 0 aliphatic carbocycles. The average molecular weight is 392 g/mol. The quantitative estimate of drug-likeness (QED) is 0.504. The summed E-state index contributed by atoms with van der Waals surface area (Å²) < 4.78 is 4.94. The van der Waals surface area contributed by atoms with Crippen LogP contribution >= 0.6 is 0 Å². The summed E-state index contributed by atoms with van der Waals surface area (Å²) in [4.78, 5) is 47.6. The summed E-state index contributed by atoms with van der Waals surface area (Å²) >= 11 is 0. The van der Waals surface area contributed by atoms with Gasteiger partial charge < -0.3 is 20.7 Å². The molecule has 0 fully saturated rings. The maximum absolute atomic E-state index is 12.2. The monoisotopic (exact) mass is 392 g/mol. The standard InChI is InChI=1S/C19H28N4O5/c1-5-13(4)20-18(26)22-15(24)11-28-17(25)16(12(2)3)23-19(27)21-14-9-7-6-8-10-14/h6-10,12-13,16H,5,11H2,1-4H3,(H2,21,23,27)(H2,20,22,24,26)/t13-,16-/m1/s1. The van der Waals surface area contributed by atoms with E-state index in [9.17, 15) is 19.2 Å². The zero-order valence-corrected chi connectivity index (χ0v) is 16.6. The van der Waals surface area contributed by atoms with E-state index >= 15 is 0 Å². The van der Waals surface area contributed by atoms with Crippen molar-refractivity contribution in [2.75, 3.05) is 11.9 Å². The zero-order chi connectivity index (χ0) is 21.1. The van der Waals surface area contributed by atoms with Crippen molar-refractivity contribution in [3.8, 4) is 0 Å². The van der Waals surface area contributed by atoms with Crippen LogP contribution in [0.5, 0.6) is 0 Å². The van der Waals surface area contributed by atoms with E-state index in [4.69, 9.17) is 4.74 Å². The average Bonchev–Trinajstić information content (AvgIpc) is 2.64. The fourth-order valence-electron chi connectivity index (χ4n) is 2.08. The number of hydrogen-bond donors (Lipinski definition) is 4. The van der Waals surface area contributed by atoms with Crippen molar-refractivity contribution >= 4 is 29.6 Å². The van der Waals surface area contributed by atoms with Crippen molar-refractivity contribution in [3.63, 3.8) is 0 Å². The summed E-state index contributed by atoms with van der Waals surface area (Å²) in [6.07, 6.45) is 0.712. The van der Waals surface area contributed by atoms with Crippen LogP contribution < -0.4 is 21.3 Å². The van der Waals surface area contributed by atoms with Gasteiger partial charge >= 0.3 is 18.0 Å². The van der Waals surface area contributed by atoms with Crippen molar-refractivity contribution in [3.05, 3.63) is 30.3 Å². The van der Waals surface area contributed by atoms with Crippen molar-refractivity contribution in [2.24, 2.45) is 5.92 Å². The van der Waals surface area contributed by atoms with Crippen LogP contribution in [0.4, 0.5) is 15.3 Å². The molecular formula is C19H28N4O5. The number of rotatable bonds is 8. The van der Waals surface area contributed by atoms with Crippen LogP contribution in [0.25, 0.3) is 0 Å². The fourth-order valence-corrected chi connectivity index (χ4v) is 2.08. The SMILES string of the molecule is CC[C@@H](C)NC(=O)NC(=O)COC(=O)[C@H](NC(=O)Nc1ccccc1)C(C)C. The zero-order valence-electron chi connectivity index (χ0n) is 16.6. The van der Waals surface area contributed by atoms with Crippen molar-refractivity contribution in [1.29, 1.82) is 0 Å². The van der Waals surface area contributed by atoms with Gasteiger partial charge in [-0.2, -0.15) is 0 Å². The first-order valence-electron chi connectivity index (χ1n) is 9.12. The lowest BCUT2D eigenvalue weighted by Crippen LogP contribution is -2.48. The highest BCUT2D eigenvalue weighted by atomic mass is 16.5. The summed E-state index contributed by atoms with van der Waals surface area (Å²) in [6.45, 7) is 6.52. The third-order valence-corrected chi connectivity index (χ3v) is 3.83. The van der Waals surface area contributed by atoms with E-state index in [1.807, 2.05) is 13.0 Å². The molecule has 9 nitrogen and oxygen atoms in total. The van der Waals surface area contributed by atoms with Crippen LogP contribution in [0, 0.1) is 5.92 Å². The van der Waals surface area contributed by atoms with E-state index in [0.717, 1.165) is 0 Å². The Kier molecular flexibility index (Phi) is 9.49. The number of hydrogen-bond acceptors (Lipinski definition) is 5. The number of esters is 1. The maximum atomic E-state index is 12.2. The molecule has 0 aliphatic heterocycles. The van der Waals surface area contributed by atoms with Gasteiger partial charge in [0.05, 0.1) is 0 Å². The van der Waals surface area contributed by atoms with Gasteiger partial charge in [0.1, 0.15) is 6.04 Å². The number of urea groups is 2. The molecule has 5 amide bonds. The molecule has 28 heavy (non-hydrogen) atoms. The Hall–Kier alpha value is -3.10. The molecule has 4 N–H and O–H groups in total. The van der Waals surface area contributed by atoms with Crippen LogP contribution in [-0.4, -0.2) is 42.6 Å². The van der Waals surface area contributed by atoms with E-state index < -0.39 is 36.6 Å². The molecule has 1 aromatic carbocycles. The molecule has 0 bridgehead atoms. The van der Waals surface area contributed by atoms with Gasteiger partial charge in [-0.05, 0) is 31.4 Å². The molecule has 0 aliphatic rings.